The van der Waals surface area contributed by atoms with Crippen LogP contribution < -0.4 is 4.90 Å². The molecule has 1 aromatic carbocycles. The van der Waals surface area contributed by atoms with Gasteiger partial charge in [0.05, 0.1) is 23.5 Å². The van der Waals surface area contributed by atoms with Crippen LogP contribution in [0.4, 0.5) is 19.0 Å². The number of halogens is 4. The van der Waals surface area contributed by atoms with Crippen molar-refractivity contribution in [1.82, 2.24) is 24.6 Å². The topological polar surface area (TPSA) is 73.9 Å². The monoisotopic (exact) mass is 541 g/mol. The van der Waals surface area contributed by atoms with Gasteiger partial charge in [-0.25, -0.2) is 4.98 Å². The van der Waals surface area contributed by atoms with E-state index in [0.29, 0.717) is 16.4 Å². The second-order valence-electron chi connectivity index (χ2n) is 11.4. The van der Waals surface area contributed by atoms with Crippen LogP contribution in [0.25, 0.3) is 5.69 Å². The molecule has 3 aromatic rings. The van der Waals surface area contributed by atoms with E-state index in [1.165, 1.54) is 18.7 Å². The molecule has 0 unspecified atom stereocenters. The van der Waals surface area contributed by atoms with E-state index in [9.17, 15) is 13.2 Å². The van der Waals surface area contributed by atoms with Gasteiger partial charge >= 0.3 is 6.18 Å². The van der Waals surface area contributed by atoms with Crippen molar-refractivity contribution in [3.63, 3.8) is 0 Å². The van der Waals surface area contributed by atoms with Crippen LogP contribution >= 0.6 is 11.6 Å². The smallest absolute Gasteiger partial charge is 0.355 e. The number of anilines is 1. The molecule has 2 aliphatic heterocycles. The van der Waals surface area contributed by atoms with Crippen molar-refractivity contribution in [1.29, 1.82) is 5.26 Å². The second-order valence-corrected chi connectivity index (χ2v) is 11.8. The SMILES string of the molecule is Cc1nc(N2CC3(CC(c4nnc5n4-c4ccc(Cl)cc4CN(C(C)(C)C(F)(F)F)C5)C3)C2)ccc1C#N. The molecule has 0 bridgehead atoms. The van der Waals surface area contributed by atoms with Gasteiger partial charge in [-0.15, -0.1) is 10.2 Å². The van der Waals surface area contributed by atoms with Crippen LogP contribution in [0.2, 0.25) is 5.02 Å². The molecule has 0 amide bonds. The van der Waals surface area contributed by atoms with E-state index in [4.69, 9.17) is 16.9 Å². The van der Waals surface area contributed by atoms with Gasteiger partial charge in [0, 0.05) is 36.0 Å². The van der Waals surface area contributed by atoms with Crippen molar-refractivity contribution < 1.29 is 13.2 Å². The third-order valence-corrected chi connectivity index (χ3v) is 8.74. The van der Waals surface area contributed by atoms with Crippen molar-refractivity contribution in [2.45, 2.75) is 64.3 Å². The summed E-state index contributed by atoms with van der Waals surface area (Å²) >= 11 is 6.27. The molecule has 2 aromatic heterocycles. The lowest BCUT2D eigenvalue weighted by Crippen LogP contribution is -2.62. The Kier molecular flexibility index (Phi) is 5.57. The summed E-state index contributed by atoms with van der Waals surface area (Å²) in [6.45, 7) is 6.13. The summed E-state index contributed by atoms with van der Waals surface area (Å²) in [6.07, 6.45) is -2.56. The minimum Gasteiger partial charge on any atom is -0.355 e. The lowest BCUT2D eigenvalue weighted by atomic mass is 9.57. The number of nitriles is 1. The Balaban J connectivity index is 1.25. The van der Waals surface area contributed by atoms with Crippen molar-refractivity contribution in [2.24, 2.45) is 5.41 Å². The highest BCUT2D eigenvalue weighted by molar-refractivity contribution is 6.30. The lowest BCUT2D eigenvalue weighted by Gasteiger charge is -2.59. The molecule has 1 saturated heterocycles. The van der Waals surface area contributed by atoms with Gasteiger partial charge in [-0.3, -0.25) is 9.47 Å². The number of alkyl halides is 3. The summed E-state index contributed by atoms with van der Waals surface area (Å²) in [4.78, 5) is 8.21. The molecule has 0 atom stereocenters. The maximum absolute atomic E-state index is 14.0. The van der Waals surface area contributed by atoms with Crippen LogP contribution in [0.1, 0.15) is 61.1 Å². The fourth-order valence-corrected chi connectivity index (χ4v) is 6.25. The van der Waals surface area contributed by atoms with E-state index in [2.05, 4.69) is 26.2 Å². The highest BCUT2D eigenvalue weighted by atomic mass is 35.5. The van der Waals surface area contributed by atoms with Gasteiger partial charge in [0.1, 0.15) is 23.3 Å². The number of pyridine rings is 1. The Hall–Kier alpha value is -3.16. The van der Waals surface area contributed by atoms with E-state index < -0.39 is 11.7 Å². The van der Waals surface area contributed by atoms with Crippen molar-refractivity contribution in [3.8, 4) is 11.8 Å². The first kappa shape index (κ1) is 25.1. The summed E-state index contributed by atoms with van der Waals surface area (Å²) in [7, 11) is 0. The molecular formula is C27H27ClF3N7. The molecule has 11 heteroatoms. The van der Waals surface area contributed by atoms with E-state index in [-0.39, 0.29) is 24.4 Å². The van der Waals surface area contributed by atoms with Gasteiger partial charge in [-0.05, 0) is 69.5 Å². The first-order valence-electron chi connectivity index (χ1n) is 12.6. The maximum atomic E-state index is 14.0. The average molecular weight is 542 g/mol. The first-order chi connectivity index (χ1) is 17.9. The second kappa shape index (κ2) is 8.42. The molecule has 7 nitrogen and oxygen atoms in total. The third-order valence-electron chi connectivity index (χ3n) is 8.51. The van der Waals surface area contributed by atoms with Crippen LogP contribution in [-0.2, 0) is 13.1 Å². The minimum atomic E-state index is -4.41. The summed E-state index contributed by atoms with van der Waals surface area (Å²) in [5.74, 6) is 2.35. The summed E-state index contributed by atoms with van der Waals surface area (Å²) in [5.41, 5.74) is 0.933. The van der Waals surface area contributed by atoms with Gasteiger partial charge in [-0.2, -0.15) is 18.4 Å². The molecule has 38 heavy (non-hydrogen) atoms. The third kappa shape index (κ3) is 3.86. The molecule has 0 N–H and O–H groups in total. The summed E-state index contributed by atoms with van der Waals surface area (Å²) in [5, 5.41) is 18.5. The number of hydrogen-bond donors (Lipinski definition) is 0. The van der Waals surface area contributed by atoms with E-state index >= 15 is 0 Å². The zero-order chi connectivity index (χ0) is 27.0. The number of aromatic nitrogens is 4. The van der Waals surface area contributed by atoms with Gasteiger partial charge < -0.3 is 4.90 Å². The van der Waals surface area contributed by atoms with Crippen LogP contribution in [0, 0.1) is 23.7 Å². The van der Waals surface area contributed by atoms with Crippen molar-refractivity contribution in [2.75, 3.05) is 18.0 Å². The largest absolute Gasteiger partial charge is 0.406 e. The standard InChI is InChI=1S/C27H27ClF3N7/c1-16-17(11-32)4-7-22(33-16)36-14-26(15-36)9-19(10-26)24-35-34-23-13-37(25(2,3)27(29,30)31)12-18-8-20(28)5-6-21(18)38(23)24/h4-8,19H,9-10,12-15H2,1-3H3. The Morgan fingerprint density at radius 3 is 2.47 bits per heavy atom. The van der Waals surface area contributed by atoms with Crippen LogP contribution in [0.5, 0.6) is 0 Å². The predicted octanol–water partition coefficient (Wildman–Crippen LogP) is 5.54. The molecule has 1 aliphatic carbocycles. The van der Waals surface area contributed by atoms with Crippen LogP contribution in [0.3, 0.4) is 0 Å². The number of rotatable bonds is 3. The lowest BCUT2D eigenvalue weighted by molar-refractivity contribution is -0.224. The highest BCUT2D eigenvalue weighted by Gasteiger charge is 2.55. The molecular weight excluding hydrogens is 515 g/mol. The number of fused-ring (bicyclic) bond motifs is 3. The zero-order valence-corrected chi connectivity index (χ0v) is 22.1. The molecule has 3 aliphatic rings. The Morgan fingerprint density at radius 2 is 1.82 bits per heavy atom. The maximum Gasteiger partial charge on any atom is 0.406 e. The van der Waals surface area contributed by atoms with Gasteiger partial charge in [0.25, 0.3) is 0 Å². The normalized spacial score (nSPS) is 19.3. The van der Waals surface area contributed by atoms with Crippen LogP contribution in [0.15, 0.2) is 30.3 Å². The fraction of sp³-hybridized carbons (Fsp3) is 0.481. The fourth-order valence-electron chi connectivity index (χ4n) is 6.06. The molecule has 1 spiro atoms. The zero-order valence-electron chi connectivity index (χ0n) is 21.3. The van der Waals surface area contributed by atoms with E-state index in [1.54, 1.807) is 12.1 Å². The van der Waals surface area contributed by atoms with Gasteiger partial charge in [0.2, 0.25) is 0 Å². The summed E-state index contributed by atoms with van der Waals surface area (Å²) < 4.78 is 43.9. The molecule has 4 heterocycles. The van der Waals surface area contributed by atoms with E-state index in [0.717, 1.165) is 54.5 Å². The minimum absolute atomic E-state index is 0.0289. The molecule has 1 saturated carbocycles. The van der Waals surface area contributed by atoms with Crippen molar-refractivity contribution in [3.05, 3.63) is 63.8 Å². The Labute approximate surface area is 223 Å². The molecule has 6 rings (SSSR count). The average Bonchev–Trinajstić information content (AvgIpc) is 3.11. The van der Waals surface area contributed by atoms with Gasteiger partial charge in [0.15, 0.2) is 5.82 Å². The number of aryl methyl sites for hydroxylation is 1. The predicted molar refractivity (Wildman–Crippen MR) is 136 cm³/mol. The number of hydrogen-bond acceptors (Lipinski definition) is 6. The van der Waals surface area contributed by atoms with E-state index in [1.807, 2.05) is 29.7 Å². The van der Waals surface area contributed by atoms with Crippen molar-refractivity contribution >= 4 is 17.4 Å². The number of benzene rings is 1. The molecule has 198 valence electrons. The van der Waals surface area contributed by atoms with Crippen LogP contribution in [-0.4, -0.2) is 49.5 Å². The van der Waals surface area contributed by atoms with Gasteiger partial charge in [-0.1, -0.05) is 11.6 Å². The Morgan fingerprint density at radius 1 is 1.08 bits per heavy atom. The quantitative estimate of drug-likeness (QED) is 0.434. The number of nitrogens with zero attached hydrogens (tertiary/aromatic N) is 7. The molecule has 2 fully saturated rings. The Bertz CT molecular complexity index is 1460. The first-order valence-corrected chi connectivity index (χ1v) is 13.0. The highest BCUT2D eigenvalue weighted by Crippen LogP contribution is 2.56. The summed E-state index contributed by atoms with van der Waals surface area (Å²) in [6, 6.07) is 11.2. The molecule has 0 radical (unpaired) electrons.